The highest BCUT2D eigenvalue weighted by Crippen LogP contribution is 2.28. The lowest BCUT2D eigenvalue weighted by atomic mass is 9.92. The van der Waals surface area contributed by atoms with Gasteiger partial charge in [-0.05, 0) is 29.8 Å². The van der Waals surface area contributed by atoms with Gasteiger partial charge in [-0.25, -0.2) is 13.8 Å². The minimum Gasteiger partial charge on any atom is -0.493 e. The molecular weight excluding hydrogens is 432 g/mol. The number of nitrogens with zero attached hydrogens (tertiary/aromatic N) is 2. The van der Waals surface area contributed by atoms with Crippen LogP contribution in [0.5, 0.6) is 11.5 Å². The van der Waals surface area contributed by atoms with Crippen LogP contribution < -0.4 is 25.4 Å². The van der Waals surface area contributed by atoms with Crippen LogP contribution in [-0.2, 0) is 11.2 Å². The summed E-state index contributed by atoms with van der Waals surface area (Å²) in [6.07, 6.45) is 0.934. The lowest BCUT2D eigenvalue weighted by Gasteiger charge is -2.29. The molecule has 0 aromatic heterocycles. The first-order chi connectivity index (χ1) is 15.6. The van der Waals surface area contributed by atoms with Gasteiger partial charge in [-0.2, -0.15) is 5.26 Å². The highest BCUT2D eigenvalue weighted by atomic mass is 19.2. The van der Waals surface area contributed by atoms with E-state index in [1.807, 2.05) is 20.8 Å². The Morgan fingerprint density at radius 2 is 1.85 bits per heavy atom. The predicted octanol–water partition coefficient (Wildman–Crippen LogP) is 3.55. The second kappa shape index (κ2) is 11.1. The maximum Gasteiger partial charge on any atom is 0.226 e. The number of amides is 1. The summed E-state index contributed by atoms with van der Waals surface area (Å²) in [5.74, 6) is -1.61. The first-order valence-corrected chi connectivity index (χ1v) is 10.0. The van der Waals surface area contributed by atoms with Crippen LogP contribution in [0.4, 0.5) is 14.5 Å². The minimum absolute atomic E-state index is 0.0371. The second-order valence-electron chi connectivity index (χ2n) is 8.14. The molecule has 0 spiro atoms. The summed E-state index contributed by atoms with van der Waals surface area (Å²) in [6, 6.07) is 8.73. The third-order valence-electron chi connectivity index (χ3n) is 4.57. The fraction of sp³-hybridized carbons (Fsp3) is 0.348. The number of ether oxygens (including phenoxy) is 2. The Bertz CT molecular complexity index is 1060. The molecule has 1 atom stereocenters. The first kappa shape index (κ1) is 25.4. The lowest BCUT2D eigenvalue weighted by molar-refractivity contribution is -0.121. The third kappa shape index (κ3) is 7.07. The number of methoxy groups -OCH3 is 2. The van der Waals surface area contributed by atoms with E-state index in [-0.39, 0.29) is 24.0 Å². The molecule has 0 saturated carbocycles. The highest BCUT2D eigenvalue weighted by Gasteiger charge is 2.27. The molecule has 2 rings (SSSR count). The Hall–Kier alpha value is -3.87. The minimum atomic E-state index is -1.12. The van der Waals surface area contributed by atoms with E-state index in [1.54, 1.807) is 24.4 Å². The molecule has 2 aromatic rings. The Morgan fingerprint density at radius 3 is 2.45 bits per heavy atom. The van der Waals surface area contributed by atoms with Gasteiger partial charge in [-0.1, -0.05) is 32.9 Å². The van der Waals surface area contributed by atoms with E-state index >= 15 is 0 Å². The van der Waals surface area contributed by atoms with E-state index in [2.05, 4.69) is 20.9 Å². The van der Waals surface area contributed by atoms with E-state index in [0.717, 1.165) is 6.07 Å². The number of guanidine groups is 1. The van der Waals surface area contributed by atoms with Crippen molar-refractivity contribution in [3.8, 4) is 17.7 Å². The first-order valence-electron chi connectivity index (χ1n) is 10.0. The molecular formula is C23H27F2N5O3. The van der Waals surface area contributed by atoms with Gasteiger partial charge in [0.25, 0.3) is 0 Å². The molecule has 0 radical (unpaired) electrons. The van der Waals surface area contributed by atoms with Crippen LogP contribution in [0.25, 0.3) is 0 Å². The number of nitriles is 1. The lowest BCUT2D eigenvalue weighted by Crippen LogP contribution is -2.45. The van der Waals surface area contributed by atoms with Crippen LogP contribution in [0, 0.1) is 28.5 Å². The average molecular weight is 459 g/mol. The van der Waals surface area contributed by atoms with Gasteiger partial charge in [0.2, 0.25) is 11.9 Å². The van der Waals surface area contributed by atoms with Crippen molar-refractivity contribution in [3.05, 3.63) is 53.6 Å². The Balaban J connectivity index is 2.25. The molecule has 2 aromatic carbocycles. The number of halogens is 2. The quantitative estimate of drug-likeness (QED) is 0.253. The van der Waals surface area contributed by atoms with Gasteiger partial charge in [-0.15, -0.1) is 0 Å². The number of aliphatic imine (C=N–C) groups is 1. The van der Waals surface area contributed by atoms with E-state index in [4.69, 9.17) is 14.7 Å². The zero-order valence-corrected chi connectivity index (χ0v) is 19.1. The highest BCUT2D eigenvalue weighted by molar-refractivity contribution is 5.95. The fourth-order valence-corrected chi connectivity index (χ4v) is 2.83. The van der Waals surface area contributed by atoms with Crippen molar-refractivity contribution in [2.75, 3.05) is 19.5 Å². The summed E-state index contributed by atoms with van der Waals surface area (Å²) in [7, 11) is 3.02. The SMILES string of the molecule is COc1ccc(CC(=O)NC(N=C(NC#N)Nc2cccc(F)c2F)C(C)(C)C)cc1OC. The van der Waals surface area contributed by atoms with Crippen molar-refractivity contribution in [3.63, 3.8) is 0 Å². The number of hydrogen-bond acceptors (Lipinski definition) is 5. The number of rotatable bonds is 7. The van der Waals surface area contributed by atoms with Crippen LogP contribution >= 0.6 is 0 Å². The van der Waals surface area contributed by atoms with Crippen molar-refractivity contribution in [1.82, 2.24) is 10.6 Å². The standard InChI is InChI=1S/C23H27F2N5O3/c1-23(2,3)21(29-19(31)12-14-9-10-17(32-4)18(11-14)33-5)30-22(27-13-26)28-16-8-6-7-15(24)20(16)25/h6-11,21H,12H2,1-5H3,(H,29,31)(H2,27,28,30). The van der Waals surface area contributed by atoms with Crippen LogP contribution in [0.15, 0.2) is 41.4 Å². The van der Waals surface area contributed by atoms with Crippen LogP contribution in [0.3, 0.4) is 0 Å². The third-order valence-corrected chi connectivity index (χ3v) is 4.57. The zero-order chi connectivity index (χ0) is 24.6. The van der Waals surface area contributed by atoms with Gasteiger partial charge in [0.1, 0.15) is 6.17 Å². The Kier molecular flexibility index (Phi) is 8.56. The van der Waals surface area contributed by atoms with Crippen molar-refractivity contribution >= 4 is 17.6 Å². The number of carbonyl (C=O) groups is 1. The monoisotopic (exact) mass is 459 g/mol. The summed E-state index contributed by atoms with van der Waals surface area (Å²) >= 11 is 0. The van der Waals surface area contributed by atoms with E-state index in [1.165, 1.54) is 26.4 Å². The molecule has 3 N–H and O–H groups in total. The molecule has 0 saturated heterocycles. The summed E-state index contributed by atoms with van der Waals surface area (Å²) in [6.45, 7) is 5.51. The number of benzene rings is 2. The molecule has 0 heterocycles. The molecule has 176 valence electrons. The van der Waals surface area contributed by atoms with Gasteiger partial charge in [0.15, 0.2) is 29.3 Å². The van der Waals surface area contributed by atoms with E-state index < -0.39 is 23.2 Å². The zero-order valence-electron chi connectivity index (χ0n) is 19.1. The van der Waals surface area contributed by atoms with Gasteiger partial charge in [0, 0.05) is 5.41 Å². The maximum atomic E-state index is 14.0. The van der Waals surface area contributed by atoms with Gasteiger partial charge < -0.3 is 20.1 Å². The van der Waals surface area contributed by atoms with Gasteiger partial charge in [-0.3, -0.25) is 10.1 Å². The predicted molar refractivity (Wildman–Crippen MR) is 121 cm³/mol. The summed E-state index contributed by atoms with van der Waals surface area (Å²) in [5.41, 5.74) is -0.0874. The van der Waals surface area contributed by atoms with Crippen molar-refractivity contribution in [2.45, 2.75) is 33.4 Å². The number of nitrogens with one attached hydrogen (secondary N) is 3. The molecule has 1 unspecified atom stereocenters. The van der Waals surface area contributed by atoms with Gasteiger partial charge >= 0.3 is 0 Å². The maximum absolute atomic E-state index is 14.0. The fourth-order valence-electron chi connectivity index (χ4n) is 2.83. The van der Waals surface area contributed by atoms with Crippen molar-refractivity contribution < 1.29 is 23.0 Å². The molecule has 0 bridgehead atoms. The Labute approximate surface area is 191 Å². The molecule has 10 heteroatoms. The van der Waals surface area contributed by atoms with Crippen LogP contribution in [-0.4, -0.2) is 32.3 Å². The van der Waals surface area contributed by atoms with Gasteiger partial charge in [0.05, 0.1) is 26.3 Å². The number of carbonyl (C=O) groups excluding carboxylic acids is 1. The molecule has 0 fully saturated rings. The average Bonchev–Trinajstić information content (AvgIpc) is 2.75. The topological polar surface area (TPSA) is 108 Å². The Morgan fingerprint density at radius 1 is 1.15 bits per heavy atom. The smallest absolute Gasteiger partial charge is 0.226 e. The molecule has 0 aliphatic heterocycles. The second-order valence-corrected chi connectivity index (χ2v) is 8.14. The molecule has 33 heavy (non-hydrogen) atoms. The molecule has 0 aliphatic carbocycles. The largest absolute Gasteiger partial charge is 0.493 e. The summed E-state index contributed by atoms with van der Waals surface area (Å²) in [5, 5.41) is 16.7. The normalized spacial score (nSPS) is 12.4. The summed E-state index contributed by atoms with van der Waals surface area (Å²) in [4.78, 5) is 17.1. The molecule has 1 amide bonds. The summed E-state index contributed by atoms with van der Waals surface area (Å²) < 4.78 is 38.1. The molecule has 8 nitrogen and oxygen atoms in total. The van der Waals surface area contributed by atoms with Crippen LogP contribution in [0.2, 0.25) is 0 Å². The van der Waals surface area contributed by atoms with Crippen LogP contribution in [0.1, 0.15) is 26.3 Å². The molecule has 0 aliphatic rings. The van der Waals surface area contributed by atoms with Crippen molar-refractivity contribution in [1.29, 1.82) is 5.26 Å². The number of anilines is 1. The number of hydrogen-bond donors (Lipinski definition) is 3. The van der Waals surface area contributed by atoms with E-state index in [0.29, 0.717) is 17.1 Å². The van der Waals surface area contributed by atoms with Crippen molar-refractivity contribution in [2.24, 2.45) is 10.4 Å². The van der Waals surface area contributed by atoms with E-state index in [9.17, 15) is 13.6 Å².